The number of hydrogen-bond acceptors (Lipinski definition) is 5. The average Bonchev–Trinajstić information content (AvgIpc) is 3.31. The molecule has 3 heterocycles. The van der Waals surface area contributed by atoms with Gasteiger partial charge in [-0.1, -0.05) is 18.2 Å². The van der Waals surface area contributed by atoms with E-state index in [0.717, 1.165) is 15.8 Å². The van der Waals surface area contributed by atoms with Crippen LogP contribution in [0.25, 0.3) is 11.3 Å². The minimum absolute atomic E-state index is 0.0901. The van der Waals surface area contributed by atoms with Gasteiger partial charge in [-0.2, -0.15) is 22.8 Å². The van der Waals surface area contributed by atoms with Crippen LogP contribution in [-0.2, 0) is 12.7 Å². The van der Waals surface area contributed by atoms with Crippen LogP contribution in [0, 0.1) is 13.8 Å². The summed E-state index contributed by atoms with van der Waals surface area (Å²) >= 11 is 0. The lowest BCUT2D eigenvalue weighted by Gasteiger charge is -2.12. The summed E-state index contributed by atoms with van der Waals surface area (Å²) in [7, 11) is 0. The molecule has 0 amide bonds. The third-order valence-corrected chi connectivity index (χ3v) is 4.46. The number of anilines is 1. The second-order valence-electron chi connectivity index (χ2n) is 6.34. The zero-order chi connectivity index (χ0) is 19.9. The molecule has 0 aliphatic rings. The topological polar surface area (TPSA) is 72.9 Å². The lowest BCUT2D eigenvalue weighted by molar-refractivity contribution is -0.146. The highest BCUT2D eigenvalue weighted by atomic mass is 19.4. The van der Waals surface area contributed by atoms with Gasteiger partial charge in [0.25, 0.3) is 5.82 Å². The Balaban J connectivity index is 1.62. The second kappa shape index (κ2) is 6.63. The number of nitrogens with zero attached hydrogens (tertiary/aromatic N) is 6. The van der Waals surface area contributed by atoms with E-state index in [-0.39, 0.29) is 5.65 Å². The second-order valence-corrected chi connectivity index (χ2v) is 6.34. The number of benzene rings is 1. The van der Waals surface area contributed by atoms with Gasteiger partial charge < -0.3 is 5.32 Å². The molecule has 0 unspecified atom stereocenters. The number of hydrogen-bond donors (Lipinski definition) is 1. The van der Waals surface area contributed by atoms with Gasteiger partial charge in [0.1, 0.15) is 0 Å². The number of halogens is 3. The molecule has 1 N–H and O–H groups in total. The predicted molar refractivity (Wildman–Crippen MR) is 96.1 cm³/mol. The normalized spacial score (nSPS) is 11.9. The Bertz CT molecular complexity index is 1130. The summed E-state index contributed by atoms with van der Waals surface area (Å²) in [5.74, 6) is -0.812. The van der Waals surface area contributed by atoms with Crippen LogP contribution in [0.2, 0.25) is 0 Å². The largest absolute Gasteiger partial charge is 0.453 e. The molecule has 7 nitrogen and oxygen atoms in total. The van der Waals surface area contributed by atoms with Gasteiger partial charge in [0.05, 0.1) is 11.9 Å². The van der Waals surface area contributed by atoms with E-state index in [2.05, 4.69) is 25.7 Å². The molecule has 0 saturated carbocycles. The van der Waals surface area contributed by atoms with Crippen molar-refractivity contribution in [1.29, 1.82) is 0 Å². The molecule has 1 aromatic carbocycles. The third-order valence-electron chi connectivity index (χ3n) is 4.46. The summed E-state index contributed by atoms with van der Waals surface area (Å²) in [4.78, 5) is 0. The van der Waals surface area contributed by atoms with Crippen LogP contribution in [-0.4, -0.2) is 29.6 Å². The van der Waals surface area contributed by atoms with E-state index in [9.17, 15) is 13.2 Å². The smallest absolute Gasteiger partial charge is 0.364 e. The monoisotopic (exact) mass is 387 g/mol. The lowest BCUT2D eigenvalue weighted by atomic mass is 10.2. The number of fused-ring (bicyclic) bond motifs is 1. The van der Waals surface area contributed by atoms with E-state index in [4.69, 9.17) is 0 Å². The standard InChI is InChI=1S/C18H16F3N7/c1-11-12(2)16-24-25-17(18(19,20)21)28(16)26-15(11)22-8-13-9-23-27(10-13)14-6-4-3-5-7-14/h3-7,9-10H,8H2,1-2H3,(H,22,26). The molecule has 0 aliphatic carbocycles. The van der Waals surface area contributed by atoms with Gasteiger partial charge in [-0.05, 0) is 31.5 Å². The molecule has 0 spiro atoms. The molecule has 4 aromatic rings. The summed E-state index contributed by atoms with van der Waals surface area (Å²) in [6.45, 7) is 3.83. The van der Waals surface area contributed by atoms with Gasteiger partial charge in [-0.25, -0.2) is 4.68 Å². The van der Waals surface area contributed by atoms with E-state index >= 15 is 0 Å². The lowest BCUT2D eigenvalue weighted by Crippen LogP contribution is -2.15. The molecule has 0 saturated heterocycles. The molecule has 10 heteroatoms. The highest BCUT2D eigenvalue weighted by Gasteiger charge is 2.38. The number of nitrogens with one attached hydrogen (secondary N) is 1. The maximum Gasteiger partial charge on any atom is 0.453 e. The Morgan fingerprint density at radius 2 is 1.79 bits per heavy atom. The van der Waals surface area contributed by atoms with Gasteiger partial charge in [0.2, 0.25) is 0 Å². The van der Waals surface area contributed by atoms with Crippen molar-refractivity contribution in [3.8, 4) is 5.69 Å². The molecule has 0 bridgehead atoms. The SMILES string of the molecule is Cc1c(NCc2cnn(-c3ccccc3)c2)nn2c(C(F)(F)F)nnc2c1C. The molecule has 4 rings (SSSR count). The van der Waals surface area contributed by atoms with Crippen LogP contribution in [0.1, 0.15) is 22.5 Å². The van der Waals surface area contributed by atoms with Crippen molar-refractivity contribution in [3.63, 3.8) is 0 Å². The zero-order valence-electron chi connectivity index (χ0n) is 15.1. The minimum Gasteiger partial charge on any atom is -0.364 e. The third kappa shape index (κ3) is 3.17. The van der Waals surface area contributed by atoms with Crippen molar-refractivity contribution >= 4 is 11.5 Å². The van der Waals surface area contributed by atoms with E-state index < -0.39 is 12.0 Å². The Kier molecular flexibility index (Phi) is 4.25. The molecule has 0 fully saturated rings. The molecule has 28 heavy (non-hydrogen) atoms. The van der Waals surface area contributed by atoms with Crippen LogP contribution in [0.5, 0.6) is 0 Å². The number of aryl methyl sites for hydroxylation is 1. The number of para-hydroxylation sites is 1. The maximum absolute atomic E-state index is 13.1. The zero-order valence-corrected chi connectivity index (χ0v) is 15.1. The summed E-state index contributed by atoms with van der Waals surface area (Å²) in [6.07, 6.45) is -1.09. The number of aromatic nitrogens is 6. The minimum atomic E-state index is -4.64. The first-order valence-electron chi connectivity index (χ1n) is 8.47. The predicted octanol–water partition coefficient (Wildman–Crippen LogP) is 3.56. The highest BCUT2D eigenvalue weighted by Crippen LogP contribution is 2.29. The molecule has 3 aromatic heterocycles. The van der Waals surface area contributed by atoms with Crippen molar-refractivity contribution in [1.82, 2.24) is 29.6 Å². The van der Waals surface area contributed by atoms with E-state index in [1.165, 1.54) is 0 Å². The van der Waals surface area contributed by atoms with Crippen LogP contribution < -0.4 is 5.32 Å². The van der Waals surface area contributed by atoms with Crippen LogP contribution in [0.3, 0.4) is 0 Å². The van der Waals surface area contributed by atoms with Gasteiger partial charge in [0, 0.05) is 23.9 Å². The van der Waals surface area contributed by atoms with Crippen LogP contribution in [0.15, 0.2) is 42.7 Å². The Labute approximate surface area is 157 Å². The fourth-order valence-electron chi connectivity index (χ4n) is 2.83. The van der Waals surface area contributed by atoms with Crippen molar-refractivity contribution < 1.29 is 13.2 Å². The highest BCUT2D eigenvalue weighted by molar-refractivity contribution is 5.58. The first kappa shape index (κ1) is 18.0. The summed E-state index contributed by atoms with van der Waals surface area (Å²) < 4.78 is 41.9. The molecular weight excluding hydrogens is 371 g/mol. The van der Waals surface area contributed by atoms with Crippen molar-refractivity contribution in [2.45, 2.75) is 26.6 Å². The summed E-state index contributed by atoms with van der Waals surface area (Å²) in [5, 5.41) is 18.4. The first-order chi connectivity index (χ1) is 13.3. The van der Waals surface area contributed by atoms with Gasteiger partial charge >= 0.3 is 6.18 Å². The maximum atomic E-state index is 13.1. The molecule has 0 atom stereocenters. The quantitative estimate of drug-likeness (QED) is 0.580. The van der Waals surface area contributed by atoms with Crippen molar-refractivity contribution in [2.75, 3.05) is 5.32 Å². The van der Waals surface area contributed by atoms with Crippen molar-refractivity contribution in [3.05, 3.63) is 65.2 Å². The van der Waals surface area contributed by atoms with Crippen LogP contribution >= 0.6 is 0 Å². The van der Waals surface area contributed by atoms with Crippen LogP contribution in [0.4, 0.5) is 19.0 Å². The molecule has 0 aliphatic heterocycles. The fraction of sp³-hybridized carbons (Fsp3) is 0.222. The average molecular weight is 387 g/mol. The van der Waals surface area contributed by atoms with E-state index in [1.54, 1.807) is 24.7 Å². The summed E-state index contributed by atoms with van der Waals surface area (Å²) in [5.41, 5.74) is 3.17. The first-order valence-corrected chi connectivity index (χ1v) is 8.47. The number of rotatable bonds is 4. The molecule has 0 radical (unpaired) electrons. The van der Waals surface area contributed by atoms with Gasteiger partial charge in [-0.15, -0.1) is 15.3 Å². The molecular formula is C18H16F3N7. The Morgan fingerprint density at radius 3 is 2.50 bits per heavy atom. The van der Waals surface area contributed by atoms with E-state index in [1.807, 2.05) is 36.5 Å². The fourth-order valence-corrected chi connectivity index (χ4v) is 2.83. The Hall–Kier alpha value is -3.43. The summed E-state index contributed by atoms with van der Waals surface area (Å²) in [6, 6.07) is 9.60. The Morgan fingerprint density at radius 1 is 1.04 bits per heavy atom. The molecule has 144 valence electrons. The van der Waals surface area contributed by atoms with E-state index in [0.29, 0.717) is 23.5 Å². The van der Waals surface area contributed by atoms with Crippen molar-refractivity contribution in [2.24, 2.45) is 0 Å². The number of alkyl halides is 3. The van der Waals surface area contributed by atoms with Gasteiger partial charge in [-0.3, -0.25) is 0 Å². The van der Waals surface area contributed by atoms with Gasteiger partial charge in [0.15, 0.2) is 11.5 Å².